The van der Waals surface area contributed by atoms with Crippen LogP contribution in [0.3, 0.4) is 0 Å². The summed E-state index contributed by atoms with van der Waals surface area (Å²) in [6, 6.07) is 0. The van der Waals surface area contributed by atoms with Crippen molar-refractivity contribution < 1.29 is 142 Å². The van der Waals surface area contributed by atoms with Crippen LogP contribution in [0, 0.1) is 28.6 Å². The van der Waals surface area contributed by atoms with Crippen LogP contribution in [0.5, 0.6) is 0 Å². The van der Waals surface area contributed by atoms with Crippen LogP contribution in [0.25, 0.3) is 0 Å². The van der Waals surface area contributed by atoms with Crippen molar-refractivity contribution in [3.63, 3.8) is 0 Å². The van der Waals surface area contributed by atoms with E-state index >= 15 is 0 Å². The Morgan fingerprint density at radius 2 is 1.13 bits per heavy atom. The maximum absolute atomic E-state index is 13.2. The molecular weight excluding hydrogens is 1240 g/mol. The quantitative estimate of drug-likeness (QED) is 0.0372. The lowest BCUT2D eigenvalue weighted by Gasteiger charge is -2.61. The first-order valence-corrected chi connectivity index (χ1v) is 33.6. The number of allylic oxidation sites excluding steroid dienone is 2. The molecule has 6 heterocycles. The first-order valence-electron chi connectivity index (χ1n) is 33.6. The molecule has 540 valence electrons. The van der Waals surface area contributed by atoms with Gasteiger partial charge in [0.2, 0.25) is 0 Å². The number of hydrogen-bond donors (Lipinski definition) is 12. The highest BCUT2D eigenvalue weighted by molar-refractivity contribution is 5.87. The molecule has 9 fully saturated rings. The SMILES string of the molecule is C/C=C(\C)C(=O)O[C@H]1[C@H](OC)[C@@H](O)[C@H](O[C@@H]2[C@@H](C)O[C@@H](O[C@H]3[C@@H](OC)C[C@H](O[C@H]4CC[C@@]5(C)C(=CC[C@@H]6[C@@H]5CC[C@]5(C)[C@@H]([C@H](C)O[C@@H]7O[C@H](CO[C@@H]8O[C@H](CO[C@@H]9O[C@H](CO)[C@H](O)[C@H](O)[C@H]9O)[C@H](O)[C@H](O)[C@H]8O)[C@H](O)[C@H](O)[C@H]7O)CC[C@]65O)C4)O[C@@H]3C)C[C@H]2OC)O[C@@H]1C. The molecule has 94 heavy (non-hydrogen) atoms. The van der Waals surface area contributed by atoms with Crippen molar-refractivity contribution in [2.75, 3.05) is 41.2 Å². The Bertz CT molecular complexity index is 2550. The van der Waals surface area contributed by atoms with E-state index in [4.69, 9.17) is 75.8 Å². The number of carbonyl (C=O) groups is 1. The number of aliphatic hydroxyl groups is 12. The Morgan fingerprint density at radius 3 is 1.69 bits per heavy atom. The van der Waals surface area contributed by atoms with Crippen molar-refractivity contribution in [1.82, 2.24) is 0 Å². The third-order valence-corrected chi connectivity index (χ3v) is 23.1. The number of ether oxygens (including phenoxy) is 16. The molecule has 0 aromatic heterocycles. The smallest absolute Gasteiger partial charge is 0.333 e. The molecule has 0 spiro atoms. The van der Waals surface area contributed by atoms with E-state index in [0.717, 1.165) is 19.3 Å². The highest BCUT2D eigenvalue weighted by Crippen LogP contribution is 2.69. The monoisotopic (exact) mass is 1350 g/mol. The van der Waals surface area contributed by atoms with E-state index in [1.807, 2.05) is 20.8 Å². The Morgan fingerprint density at radius 1 is 0.596 bits per heavy atom. The molecular formula is C65H106O29. The molecule has 0 amide bonds. The van der Waals surface area contributed by atoms with Gasteiger partial charge >= 0.3 is 5.97 Å². The lowest BCUT2D eigenvalue weighted by atomic mass is 9.45. The summed E-state index contributed by atoms with van der Waals surface area (Å²) in [6.07, 6.45) is -24.5. The number of rotatable bonds is 21. The van der Waals surface area contributed by atoms with Crippen LogP contribution in [-0.4, -0.2) is 298 Å². The van der Waals surface area contributed by atoms with E-state index in [0.29, 0.717) is 44.1 Å². The summed E-state index contributed by atoms with van der Waals surface area (Å²) in [6.45, 7) is 13.3. The number of hydrogen-bond acceptors (Lipinski definition) is 29. The minimum absolute atomic E-state index is 0.0530. The van der Waals surface area contributed by atoms with Gasteiger partial charge in [-0.15, -0.1) is 0 Å². The molecule has 6 saturated heterocycles. The highest BCUT2D eigenvalue weighted by atomic mass is 16.8. The molecule has 0 unspecified atom stereocenters. The van der Waals surface area contributed by atoms with Gasteiger partial charge in [-0.2, -0.15) is 0 Å². The van der Waals surface area contributed by atoms with Gasteiger partial charge in [0.25, 0.3) is 0 Å². The van der Waals surface area contributed by atoms with Crippen LogP contribution in [0.4, 0.5) is 0 Å². The predicted molar refractivity (Wildman–Crippen MR) is 321 cm³/mol. The molecule has 6 aliphatic heterocycles. The number of methoxy groups -OCH3 is 3. The van der Waals surface area contributed by atoms with Crippen LogP contribution in [0.2, 0.25) is 0 Å². The second kappa shape index (κ2) is 30.6. The topological polar surface area (TPSA) is 408 Å². The lowest BCUT2D eigenvalue weighted by Crippen LogP contribution is -2.63. The molecule has 29 nitrogen and oxygen atoms in total. The largest absolute Gasteiger partial charge is 0.453 e. The zero-order valence-corrected chi connectivity index (χ0v) is 55.7. The first kappa shape index (κ1) is 74.6. The van der Waals surface area contributed by atoms with Crippen LogP contribution in [-0.2, 0) is 80.6 Å². The van der Waals surface area contributed by atoms with Crippen molar-refractivity contribution >= 4 is 5.97 Å². The van der Waals surface area contributed by atoms with Gasteiger partial charge in [0.05, 0.1) is 68.1 Å². The summed E-state index contributed by atoms with van der Waals surface area (Å²) < 4.78 is 97.3. The summed E-state index contributed by atoms with van der Waals surface area (Å²) in [5, 5.41) is 131. The van der Waals surface area contributed by atoms with Gasteiger partial charge in [0.15, 0.2) is 43.8 Å². The van der Waals surface area contributed by atoms with Gasteiger partial charge < -0.3 is 137 Å². The Labute approximate surface area is 548 Å². The van der Waals surface area contributed by atoms with Crippen molar-refractivity contribution in [1.29, 1.82) is 0 Å². The molecule has 4 aliphatic carbocycles. The highest BCUT2D eigenvalue weighted by Gasteiger charge is 2.68. The fraction of sp³-hybridized carbons (Fsp3) is 0.923. The molecule has 3 saturated carbocycles. The molecule has 0 aromatic rings. The molecule has 36 atom stereocenters. The van der Waals surface area contributed by atoms with Crippen molar-refractivity contribution in [2.24, 2.45) is 28.6 Å². The van der Waals surface area contributed by atoms with Crippen molar-refractivity contribution in [2.45, 2.75) is 309 Å². The van der Waals surface area contributed by atoms with Gasteiger partial charge in [-0.1, -0.05) is 31.6 Å². The standard InChI is InChI=1S/C65H106O29/c1-12-27(2)58(77)93-56-31(6)87-62(53(76)57(56)81-11)94-55-30(5)85-43(23-38(55)80-10)92-54-29(4)84-42(22-37(54)79-9)88-33-15-18-63(7)32(21-33)13-14-36-35(63)16-19-64(8)34(17-20-65(36,64)78)28(3)86-61-52(75)49(72)46(69)41(91-61)26-83-60-51(74)48(71)45(68)40(90-60)25-82-59-50(73)47(70)44(67)39(24-66)89-59/h12-13,28-31,33-57,59-62,66-76,78H,14-26H2,1-11H3/b27-12+/t28-,29+,30+,31+,33-,34+,35-,36+,37-,38+,39+,40+,41+,42-,43-,44-,45-,46-,47-,48-,49-,50+,51+,52+,53+,54+,55+,56+,57+,59+,60+,61+,62-,63-,64+,65-/m0/s1. The molecule has 12 N–H and O–H groups in total. The van der Waals surface area contributed by atoms with E-state index in [2.05, 4.69) is 19.9 Å². The average Bonchev–Trinajstić information content (AvgIpc) is 1.41. The second-order valence-electron chi connectivity index (χ2n) is 28.4. The van der Waals surface area contributed by atoms with E-state index in [-0.39, 0.29) is 35.7 Å². The van der Waals surface area contributed by atoms with Gasteiger partial charge in [-0.25, -0.2) is 4.79 Å². The van der Waals surface area contributed by atoms with Gasteiger partial charge in [-0.05, 0) is 116 Å². The van der Waals surface area contributed by atoms with E-state index in [9.17, 15) is 66.1 Å². The van der Waals surface area contributed by atoms with E-state index < -0.39 is 215 Å². The zero-order valence-electron chi connectivity index (χ0n) is 55.7. The molecule has 0 aromatic carbocycles. The second-order valence-corrected chi connectivity index (χ2v) is 28.4. The maximum Gasteiger partial charge on any atom is 0.333 e. The third-order valence-electron chi connectivity index (χ3n) is 23.1. The van der Waals surface area contributed by atoms with Crippen LogP contribution < -0.4 is 0 Å². The molecule has 10 aliphatic rings. The molecule has 10 rings (SSSR count). The Kier molecular flexibility index (Phi) is 24.3. The maximum atomic E-state index is 13.2. The van der Waals surface area contributed by atoms with E-state index in [1.54, 1.807) is 41.1 Å². The average molecular weight is 1350 g/mol. The number of esters is 1. The molecule has 0 radical (unpaired) electrons. The molecule has 29 heteroatoms. The van der Waals surface area contributed by atoms with Crippen LogP contribution >= 0.6 is 0 Å². The predicted octanol–water partition coefficient (Wildman–Crippen LogP) is -1.01. The lowest BCUT2D eigenvalue weighted by molar-refractivity contribution is -0.352. The minimum atomic E-state index is -1.85. The Balaban J connectivity index is 0.703. The van der Waals surface area contributed by atoms with Gasteiger partial charge in [0.1, 0.15) is 97.7 Å². The van der Waals surface area contributed by atoms with Crippen molar-refractivity contribution in [3.8, 4) is 0 Å². The number of aliphatic hydroxyl groups excluding tert-OH is 11. The molecule has 0 bridgehead atoms. The fourth-order valence-electron chi connectivity index (χ4n) is 17.2. The summed E-state index contributed by atoms with van der Waals surface area (Å²) in [7, 11) is 4.64. The summed E-state index contributed by atoms with van der Waals surface area (Å²) in [4.78, 5) is 12.7. The zero-order chi connectivity index (χ0) is 68.2. The first-order chi connectivity index (χ1) is 44.6. The minimum Gasteiger partial charge on any atom is -0.453 e. The summed E-state index contributed by atoms with van der Waals surface area (Å²) in [5.41, 5.74) is -0.143. The van der Waals surface area contributed by atoms with Gasteiger partial charge in [-0.3, -0.25) is 0 Å². The fourth-order valence-corrected chi connectivity index (χ4v) is 17.2. The third kappa shape index (κ3) is 14.4. The number of fused-ring (bicyclic) bond motifs is 5. The van der Waals surface area contributed by atoms with E-state index in [1.165, 1.54) is 12.7 Å². The number of carbonyl (C=O) groups excluding carboxylic acids is 1. The van der Waals surface area contributed by atoms with Crippen LogP contribution in [0.15, 0.2) is 23.3 Å². The van der Waals surface area contributed by atoms with Crippen LogP contribution in [0.1, 0.15) is 120 Å². The summed E-state index contributed by atoms with van der Waals surface area (Å²) in [5.74, 6) is -0.615. The normalized spacial score (nSPS) is 51.2. The van der Waals surface area contributed by atoms with Crippen molar-refractivity contribution in [3.05, 3.63) is 23.3 Å². The van der Waals surface area contributed by atoms with Gasteiger partial charge in [0, 0.05) is 45.2 Å². The summed E-state index contributed by atoms with van der Waals surface area (Å²) >= 11 is 0. The Hall–Kier alpha value is -2.13.